The maximum Gasteiger partial charge on any atom is 0.416 e. The molecule has 3 aromatic rings. The van der Waals surface area contributed by atoms with Gasteiger partial charge in [-0.15, -0.1) is 11.3 Å². The quantitative estimate of drug-likeness (QED) is 0.443. The van der Waals surface area contributed by atoms with Crippen molar-refractivity contribution in [3.05, 3.63) is 50.6 Å². The minimum atomic E-state index is -4.52. The zero-order valence-corrected chi connectivity index (χ0v) is 16.2. The van der Waals surface area contributed by atoms with Crippen LogP contribution in [0.25, 0.3) is 15.9 Å². The lowest BCUT2D eigenvalue weighted by molar-refractivity contribution is -0.137. The van der Waals surface area contributed by atoms with Gasteiger partial charge >= 0.3 is 6.18 Å². The lowest BCUT2D eigenvalue weighted by Crippen LogP contribution is -2.22. The van der Waals surface area contributed by atoms with E-state index in [-0.39, 0.29) is 22.2 Å². The molecule has 1 aromatic carbocycles. The lowest BCUT2D eigenvalue weighted by Gasteiger charge is -2.14. The molecule has 9 heteroatoms. The second kappa shape index (κ2) is 7.26. The number of nitriles is 1. The van der Waals surface area contributed by atoms with Crippen LogP contribution in [0.4, 0.5) is 13.2 Å². The molecule has 0 bridgehead atoms. The Morgan fingerprint density at radius 2 is 2.07 bits per heavy atom. The number of nitrogens with zero attached hydrogens (tertiary/aromatic N) is 3. The number of fused-ring (bicyclic) bond motifs is 3. The highest BCUT2D eigenvalue weighted by Crippen LogP contribution is 2.36. The van der Waals surface area contributed by atoms with Crippen LogP contribution in [0.3, 0.4) is 0 Å². The van der Waals surface area contributed by atoms with Crippen LogP contribution >= 0.6 is 23.1 Å². The van der Waals surface area contributed by atoms with Crippen LogP contribution in [0.15, 0.2) is 34.2 Å². The molecule has 0 fully saturated rings. The molecule has 1 aliphatic rings. The molecule has 0 unspecified atom stereocenters. The third-order valence-corrected chi connectivity index (χ3v) is 6.65. The van der Waals surface area contributed by atoms with Gasteiger partial charge in [-0.05, 0) is 49.4 Å². The summed E-state index contributed by atoms with van der Waals surface area (Å²) in [6.45, 7) is 0. The Morgan fingerprint density at radius 3 is 2.82 bits per heavy atom. The van der Waals surface area contributed by atoms with Crippen molar-refractivity contribution in [1.29, 1.82) is 5.26 Å². The van der Waals surface area contributed by atoms with Crippen molar-refractivity contribution in [3.8, 4) is 11.8 Å². The standard InChI is InChI=1S/C19H14F3N3OS2/c20-19(21,22)11-4-3-5-12(10-11)25-17(26)15-13-6-1-2-7-14(13)28-16(15)24-18(25)27-9-8-23/h3-5,10H,1-2,6-7,9H2. The fraction of sp³-hybridized carbons (Fsp3) is 0.316. The van der Waals surface area contributed by atoms with Crippen molar-refractivity contribution in [2.75, 3.05) is 5.75 Å². The van der Waals surface area contributed by atoms with Gasteiger partial charge in [-0.3, -0.25) is 9.36 Å². The smallest absolute Gasteiger partial charge is 0.268 e. The molecule has 4 nitrogen and oxygen atoms in total. The topological polar surface area (TPSA) is 58.7 Å². The average molecular weight is 421 g/mol. The molecule has 4 rings (SSSR count). The predicted octanol–water partition coefficient (Wildman–Crippen LogP) is 4.96. The SMILES string of the molecule is N#CCSc1nc2sc3c(c2c(=O)n1-c1cccc(C(F)(F)F)c1)CCCC3. The van der Waals surface area contributed by atoms with Gasteiger partial charge in [0.25, 0.3) is 5.56 Å². The van der Waals surface area contributed by atoms with E-state index in [0.29, 0.717) is 10.2 Å². The number of hydrogen-bond donors (Lipinski definition) is 0. The number of benzene rings is 1. The summed E-state index contributed by atoms with van der Waals surface area (Å²) in [7, 11) is 0. The summed E-state index contributed by atoms with van der Waals surface area (Å²) in [6, 6.07) is 6.63. The minimum Gasteiger partial charge on any atom is -0.268 e. The van der Waals surface area contributed by atoms with Crippen LogP contribution in [0.2, 0.25) is 0 Å². The largest absolute Gasteiger partial charge is 0.416 e. The van der Waals surface area contributed by atoms with E-state index in [1.165, 1.54) is 28.0 Å². The van der Waals surface area contributed by atoms with Gasteiger partial charge in [-0.2, -0.15) is 18.4 Å². The predicted molar refractivity (Wildman–Crippen MR) is 103 cm³/mol. The summed E-state index contributed by atoms with van der Waals surface area (Å²) in [6.07, 6.45) is -0.817. The third kappa shape index (κ3) is 3.31. The van der Waals surface area contributed by atoms with E-state index in [9.17, 15) is 18.0 Å². The number of aryl methyl sites for hydroxylation is 2. The molecular weight excluding hydrogens is 407 g/mol. The summed E-state index contributed by atoms with van der Waals surface area (Å²) in [4.78, 5) is 19.6. The first kappa shape index (κ1) is 19.0. The molecule has 0 spiro atoms. The highest BCUT2D eigenvalue weighted by atomic mass is 32.2. The molecule has 0 atom stereocenters. The summed E-state index contributed by atoms with van der Waals surface area (Å²) in [5, 5.41) is 9.65. The van der Waals surface area contributed by atoms with Crippen molar-refractivity contribution in [2.45, 2.75) is 37.0 Å². The zero-order valence-electron chi connectivity index (χ0n) is 14.5. The van der Waals surface area contributed by atoms with Gasteiger partial charge in [0.2, 0.25) is 0 Å². The van der Waals surface area contributed by atoms with Crippen LogP contribution in [0.5, 0.6) is 0 Å². The van der Waals surface area contributed by atoms with Gasteiger partial charge in [-0.1, -0.05) is 17.8 Å². The number of aromatic nitrogens is 2. The molecule has 0 saturated carbocycles. The molecule has 0 amide bonds. The fourth-order valence-corrected chi connectivity index (χ4v) is 5.41. The number of alkyl halides is 3. The van der Waals surface area contributed by atoms with E-state index in [1.807, 2.05) is 6.07 Å². The summed E-state index contributed by atoms with van der Waals surface area (Å²) >= 11 is 2.52. The van der Waals surface area contributed by atoms with Crippen molar-refractivity contribution >= 4 is 33.3 Å². The number of thioether (sulfide) groups is 1. The maximum absolute atomic E-state index is 13.4. The van der Waals surface area contributed by atoms with E-state index in [2.05, 4.69) is 4.98 Å². The number of rotatable bonds is 3. The molecule has 1 aliphatic carbocycles. The molecule has 0 saturated heterocycles. The van der Waals surface area contributed by atoms with E-state index < -0.39 is 11.7 Å². The van der Waals surface area contributed by atoms with Crippen molar-refractivity contribution in [3.63, 3.8) is 0 Å². The van der Waals surface area contributed by atoms with Gasteiger partial charge in [-0.25, -0.2) is 4.98 Å². The molecule has 0 aliphatic heterocycles. The number of thiophene rings is 1. The molecule has 28 heavy (non-hydrogen) atoms. The monoisotopic (exact) mass is 421 g/mol. The van der Waals surface area contributed by atoms with E-state index >= 15 is 0 Å². The normalized spacial score (nSPS) is 14.1. The third-order valence-electron chi connectivity index (χ3n) is 4.66. The first-order chi connectivity index (χ1) is 13.4. The summed E-state index contributed by atoms with van der Waals surface area (Å²) in [5.41, 5.74) is -0.128. The summed E-state index contributed by atoms with van der Waals surface area (Å²) in [5.74, 6) is 0.0436. The Balaban J connectivity index is 1.99. The molecule has 144 valence electrons. The van der Waals surface area contributed by atoms with Gasteiger partial charge in [0, 0.05) is 4.88 Å². The Morgan fingerprint density at radius 1 is 1.29 bits per heavy atom. The summed E-state index contributed by atoms with van der Waals surface area (Å²) < 4.78 is 40.7. The molecule has 0 radical (unpaired) electrons. The van der Waals surface area contributed by atoms with Crippen LogP contribution in [-0.2, 0) is 19.0 Å². The lowest BCUT2D eigenvalue weighted by atomic mass is 9.97. The molecule has 2 heterocycles. The van der Waals surface area contributed by atoms with Crippen molar-refractivity contribution in [1.82, 2.24) is 9.55 Å². The van der Waals surface area contributed by atoms with Crippen LogP contribution in [0, 0.1) is 11.3 Å². The molecule has 0 N–H and O–H groups in total. The Labute approximate surface area is 166 Å². The van der Waals surface area contributed by atoms with E-state index in [0.717, 1.165) is 60.0 Å². The van der Waals surface area contributed by atoms with Gasteiger partial charge in [0.05, 0.1) is 28.5 Å². The maximum atomic E-state index is 13.4. The minimum absolute atomic E-state index is 0.0436. The van der Waals surface area contributed by atoms with Crippen molar-refractivity contribution in [2.24, 2.45) is 0 Å². The second-order valence-corrected chi connectivity index (χ2v) is 8.45. The second-order valence-electron chi connectivity index (χ2n) is 6.42. The molecule has 2 aromatic heterocycles. The Kier molecular flexibility index (Phi) is 4.93. The zero-order chi connectivity index (χ0) is 19.9. The van der Waals surface area contributed by atoms with Crippen LogP contribution in [0.1, 0.15) is 28.8 Å². The van der Waals surface area contributed by atoms with E-state index in [1.54, 1.807) is 0 Å². The first-order valence-electron chi connectivity index (χ1n) is 8.65. The van der Waals surface area contributed by atoms with Crippen LogP contribution < -0.4 is 5.56 Å². The average Bonchev–Trinajstić information content (AvgIpc) is 3.04. The van der Waals surface area contributed by atoms with Crippen LogP contribution in [-0.4, -0.2) is 15.3 Å². The fourth-order valence-electron chi connectivity index (χ4n) is 3.43. The highest BCUT2D eigenvalue weighted by molar-refractivity contribution is 7.99. The molecular formula is C19H14F3N3OS2. The first-order valence-corrected chi connectivity index (χ1v) is 10.4. The highest BCUT2D eigenvalue weighted by Gasteiger charge is 2.31. The van der Waals surface area contributed by atoms with Gasteiger partial charge in [0.15, 0.2) is 5.16 Å². The van der Waals surface area contributed by atoms with Gasteiger partial charge < -0.3 is 0 Å². The number of hydrogen-bond acceptors (Lipinski definition) is 5. The van der Waals surface area contributed by atoms with Crippen molar-refractivity contribution < 1.29 is 13.2 Å². The van der Waals surface area contributed by atoms with E-state index in [4.69, 9.17) is 5.26 Å². The Bertz CT molecular complexity index is 1160. The Hall–Kier alpha value is -2.31. The van der Waals surface area contributed by atoms with Gasteiger partial charge in [0.1, 0.15) is 4.83 Å². The number of halogens is 3.